The smallest absolute Gasteiger partial charge is 0.341 e. The molecule has 3 N–H and O–H groups in total. The summed E-state index contributed by atoms with van der Waals surface area (Å²) >= 11 is 0. The molecule has 146 valence electrons. The molecule has 3 heterocycles. The van der Waals surface area contributed by atoms with Gasteiger partial charge >= 0.3 is 5.97 Å². The Morgan fingerprint density at radius 3 is 2.41 bits per heavy atom. The molecule has 0 unspecified atom stereocenters. The maximum atomic E-state index is 15.1. The zero-order valence-electron chi connectivity index (χ0n) is 15.1. The van der Waals surface area contributed by atoms with Gasteiger partial charge in [0.25, 0.3) is 0 Å². The first-order chi connectivity index (χ1) is 13.8. The van der Waals surface area contributed by atoms with Crippen LogP contribution in [0.1, 0.15) is 15.9 Å². The molecule has 0 bridgehead atoms. The number of fused-ring (bicyclic) bond motifs is 1. The van der Waals surface area contributed by atoms with Gasteiger partial charge in [-0.15, -0.1) is 0 Å². The van der Waals surface area contributed by atoms with Crippen molar-refractivity contribution in [2.24, 2.45) is 0 Å². The molecular weight excluding hydrogens is 382 g/mol. The molecule has 0 radical (unpaired) electrons. The van der Waals surface area contributed by atoms with Crippen LogP contribution < -0.4 is 11.2 Å². The van der Waals surface area contributed by atoms with Crippen molar-refractivity contribution in [1.82, 2.24) is 14.1 Å². The average Bonchev–Trinajstić information content (AvgIpc) is 3.11. The standard InChI is InChI=1S/C20H14F2N4O3/c1-10-15-17(27)14(20(28)29)9-26(13-4-2-11(21)3-5-13)18(15)24-19(16(10)22)25-7-6-12(23)8-25/h2-9H,23H2,1H3,(H,28,29). The topological polar surface area (TPSA) is 103 Å². The number of aromatic nitrogens is 3. The van der Waals surface area contributed by atoms with Crippen molar-refractivity contribution < 1.29 is 18.7 Å². The lowest BCUT2D eigenvalue weighted by Gasteiger charge is -2.15. The maximum absolute atomic E-state index is 15.1. The number of carboxylic acids is 1. The Hall–Kier alpha value is -4.01. The molecule has 0 aliphatic rings. The summed E-state index contributed by atoms with van der Waals surface area (Å²) in [5.74, 6) is -2.84. The van der Waals surface area contributed by atoms with Gasteiger partial charge in [-0.3, -0.25) is 4.79 Å². The molecule has 3 aromatic heterocycles. The van der Waals surface area contributed by atoms with Crippen molar-refractivity contribution in [3.05, 3.63) is 81.9 Å². The van der Waals surface area contributed by atoms with Crippen molar-refractivity contribution in [1.29, 1.82) is 0 Å². The van der Waals surface area contributed by atoms with Crippen LogP contribution >= 0.6 is 0 Å². The molecule has 0 saturated heterocycles. The van der Waals surface area contributed by atoms with Crippen LogP contribution in [0.3, 0.4) is 0 Å². The minimum Gasteiger partial charge on any atom is -0.477 e. The molecule has 0 saturated carbocycles. The van der Waals surface area contributed by atoms with E-state index in [9.17, 15) is 19.1 Å². The highest BCUT2D eigenvalue weighted by Gasteiger charge is 2.22. The summed E-state index contributed by atoms with van der Waals surface area (Å²) in [5.41, 5.74) is 5.02. The number of aromatic carboxylic acids is 1. The Morgan fingerprint density at radius 1 is 1.14 bits per heavy atom. The van der Waals surface area contributed by atoms with Gasteiger partial charge in [0.15, 0.2) is 17.3 Å². The van der Waals surface area contributed by atoms with Gasteiger partial charge < -0.3 is 20.0 Å². The number of aryl methyl sites for hydroxylation is 1. The van der Waals surface area contributed by atoms with Crippen LogP contribution in [0.4, 0.5) is 14.5 Å². The summed E-state index contributed by atoms with van der Waals surface area (Å²) in [6.07, 6.45) is 4.07. The third kappa shape index (κ3) is 2.92. The minimum atomic E-state index is -1.46. The van der Waals surface area contributed by atoms with Gasteiger partial charge in [0, 0.05) is 35.5 Å². The lowest BCUT2D eigenvalue weighted by atomic mass is 10.1. The number of carboxylic acid groups (broad SMARTS) is 1. The highest BCUT2D eigenvalue weighted by molar-refractivity contribution is 5.93. The zero-order valence-corrected chi connectivity index (χ0v) is 15.1. The summed E-state index contributed by atoms with van der Waals surface area (Å²) in [7, 11) is 0. The number of anilines is 1. The van der Waals surface area contributed by atoms with Crippen LogP contribution in [-0.4, -0.2) is 25.2 Å². The molecule has 0 aliphatic carbocycles. The summed E-state index contributed by atoms with van der Waals surface area (Å²) in [6.45, 7) is 1.37. The Morgan fingerprint density at radius 2 is 1.83 bits per heavy atom. The zero-order chi connectivity index (χ0) is 20.9. The third-order valence-electron chi connectivity index (χ3n) is 4.59. The average molecular weight is 396 g/mol. The first-order valence-electron chi connectivity index (χ1n) is 8.46. The second-order valence-corrected chi connectivity index (χ2v) is 6.45. The molecule has 29 heavy (non-hydrogen) atoms. The summed E-state index contributed by atoms with van der Waals surface area (Å²) < 4.78 is 31.1. The van der Waals surface area contributed by atoms with Gasteiger partial charge in [-0.2, -0.15) is 0 Å². The van der Waals surface area contributed by atoms with E-state index in [2.05, 4.69) is 4.98 Å². The number of nitrogens with two attached hydrogens (primary N) is 1. The molecule has 9 heteroatoms. The molecule has 0 aliphatic heterocycles. The number of pyridine rings is 2. The van der Waals surface area contributed by atoms with Gasteiger partial charge in [0.1, 0.15) is 11.4 Å². The number of nitrogens with zero attached hydrogens (tertiary/aromatic N) is 3. The molecule has 0 fully saturated rings. The van der Waals surface area contributed by atoms with E-state index in [0.29, 0.717) is 11.4 Å². The highest BCUT2D eigenvalue weighted by atomic mass is 19.1. The van der Waals surface area contributed by atoms with Crippen LogP contribution in [0.15, 0.2) is 53.7 Å². The predicted molar refractivity (Wildman–Crippen MR) is 103 cm³/mol. The molecular formula is C20H14F2N4O3. The van der Waals surface area contributed by atoms with E-state index in [1.165, 1.54) is 52.7 Å². The van der Waals surface area contributed by atoms with Gasteiger partial charge in [0.2, 0.25) is 5.43 Å². The molecule has 1 aromatic carbocycles. The van der Waals surface area contributed by atoms with Crippen LogP contribution in [0.2, 0.25) is 0 Å². The van der Waals surface area contributed by atoms with E-state index in [4.69, 9.17) is 5.73 Å². The van der Waals surface area contributed by atoms with Crippen molar-refractivity contribution in [2.75, 3.05) is 5.73 Å². The lowest BCUT2D eigenvalue weighted by molar-refractivity contribution is 0.0695. The summed E-state index contributed by atoms with van der Waals surface area (Å²) in [5, 5.41) is 9.26. The summed E-state index contributed by atoms with van der Waals surface area (Å²) in [6, 6.07) is 6.73. The third-order valence-corrected chi connectivity index (χ3v) is 4.59. The Balaban J connectivity index is 2.16. The van der Waals surface area contributed by atoms with Crippen molar-refractivity contribution in [3.8, 4) is 11.5 Å². The second kappa shape index (κ2) is 6.55. The number of halogens is 2. The van der Waals surface area contributed by atoms with Crippen LogP contribution in [0.25, 0.3) is 22.5 Å². The maximum Gasteiger partial charge on any atom is 0.341 e. The largest absolute Gasteiger partial charge is 0.477 e. The Labute approximate surface area is 162 Å². The predicted octanol–water partition coefficient (Wildman–Crippen LogP) is 3.04. The second-order valence-electron chi connectivity index (χ2n) is 6.45. The van der Waals surface area contributed by atoms with Crippen molar-refractivity contribution in [2.45, 2.75) is 6.92 Å². The Bertz CT molecular complexity index is 1340. The molecule has 7 nitrogen and oxygen atoms in total. The minimum absolute atomic E-state index is 0.0350. The first-order valence-corrected chi connectivity index (χ1v) is 8.46. The molecule has 0 atom stereocenters. The van der Waals surface area contributed by atoms with E-state index in [1.54, 1.807) is 6.07 Å². The molecule has 0 spiro atoms. The van der Waals surface area contributed by atoms with E-state index >= 15 is 4.39 Å². The summed E-state index contributed by atoms with van der Waals surface area (Å²) in [4.78, 5) is 28.6. The van der Waals surface area contributed by atoms with Gasteiger partial charge in [-0.1, -0.05) is 0 Å². The van der Waals surface area contributed by atoms with Crippen LogP contribution in [-0.2, 0) is 0 Å². The normalized spacial score (nSPS) is 11.1. The van der Waals surface area contributed by atoms with Gasteiger partial charge in [-0.05, 0) is 37.3 Å². The van der Waals surface area contributed by atoms with E-state index < -0.39 is 28.6 Å². The Kier molecular flexibility index (Phi) is 4.15. The number of hydrogen-bond acceptors (Lipinski definition) is 4. The fourth-order valence-electron chi connectivity index (χ4n) is 3.15. The number of benzene rings is 1. The lowest BCUT2D eigenvalue weighted by Crippen LogP contribution is -2.21. The molecule has 4 rings (SSSR count). The van der Waals surface area contributed by atoms with Gasteiger partial charge in [-0.25, -0.2) is 18.6 Å². The fraction of sp³-hybridized carbons (Fsp3) is 0.0500. The van der Waals surface area contributed by atoms with E-state index in [0.717, 1.165) is 6.20 Å². The first kappa shape index (κ1) is 18.4. The highest BCUT2D eigenvalue weighted by Crippen LogP contribution is 2.25. The monoisotopic (exact) mass is 396 g/mol. The SMILES string of the molecule is Cc1c(F)c(-n2ccc(N)c2)nc2c1c(=O)c(C(=O)O)cn2-c1ccc(F)cc1. The number of hydrogen-bond donors (Lipinski definition) is 2. The van der Waals surface area contributed by atoms with E-state index in [-0.39, 0.29) is 22.4 Å². The number of nitrogen functional groups attached to an aromatic ring is 1. The van der Waals surface area contributed by atoms with Crippen molar-refractivity contribution >= 4 is 22.7 Å². The number of rotatable bonds is 3. The fourth-order valence-corrected chi connectivity index (χ4v) is 3.15. The number of carbonyl (C=O) groups is 1. The van der Waals surface area contributed by atoms with E-state index in [1.807, 2.05) is 0 Å². The van der Waals surface area contributed by atoms with Crippen LogP contribution in [0.5, 0.6) is 0 Å². The van der Waals surface area contributed by atoms with Gasteiger partial charge in [0.05, 0.1) is 5.39 Å². The molecule has 0 amide bonds. The van der Waals surface area contributed by atoms with Crippen molar-refractivity contribution in [3.63, 3.8) is 0 Å². The quantitative estimate of drug-likeness (QED) is 0.554. The van der Waals surface area contributed by atoms with Crippen LogP contribution in [0, 0.1) is 18.6 Å². The molecule has 4 aromatic rings.